The van der Waals surface area contributed by atoms with Crippen LogP contribution in [0.4, 0.5) is 0 Å². The van der Waals surface area contributed by atoms with Crippen LogP contribution >= 0.6 is 0 Å². The average molecular weight is 403 g/mol. The fraction of sp³-hybridized carbons (Fsp3) is 0.625. The molecule has 1 aliphatic heterocycles. The highest BCUT2D eigenvalue weighted by Gasteiger charge is 2.56. The monoisotopic (exact) mass is 402 g/mol. The maximum absolute atomic E-state index is 11.6. The third-order valence-corrected chi connectivity index (χ3v) is 4.95. The van der Waals surface area contributed by atoms with Gasteiger partial charge in [0.25, 0.3) is 0 Å². The number of rotatable bonds is 9. The van der Waals surface area contributed by atoms with E-state index in [0.717, 1.165) is 12.0 Å². The van der Waals surface area contributed by atoms with Gasteiger partial charge in [0.05, 0.1) is 14.2 Å². The quantitative estimate of drug-likeness (QED) is 0.348. The van der Waals surface area contributed by atoms with E-state index < -0.39 is 11.7 Å². The minimum absolute atomic E-state index is 0.140. The van der Waals surface area contributed by atoms with Crippen molar-refractivity contribution in [1.29, 1.82) is 0 Å². The Bertz CT molecular complexity index is 758. The first-order chi connectivity index (χ1) is 13.7. The number of benzene rings is 1. The molecule has 0 amide bonds. The molecule has 1 fully saturated rings. The fourth-order valence-electron chi connectivity index (χ4n) is 3.69. The van der Waals surface area contributed by atoms with E-state index in [2.05, 4.69) is 39.5 Å². The smallest absolute Gasteiger partial charge is 0.303 e. The Kier molecular flexibility index (Phi) is 7.98. The van der Waals surface area contributed by atoms with Crippen molar-refractivity contribution in [2.75, 3.05) is 14.2 Å². The van der Waals surface area contributed by atoms with E-state index in [1.807, 2.05) is 18.2 Å². The SMILES string of the molecule is COc1ccc(CCC(C#CC2(CC(C)C)OC2C(C)C)OC(C)=O)cc1OC. The van der Waals surface area contributed by atoms with Gasteiger partial charge < -0.3 is 18.9 Å². The molecule has 29 heavy (non-hydrogen) atoms. The molecule has 1 aromatic carbocycles. The maximum atomic E-state index is 11.6. The van der Waals surface area contributed by atoms with Gasteiger partial charge in [0, 0.05) is 6.92 Å². The molecule has 5 nitrogen and oxygen atoms in total. The molecule has 0 saturated carbocycles. The predicted molar refractivity (Wildman–Crippen MR) is 113 cm³/mol. The van der Waals surface area contributed by atoms with Crippen LogP contribution in [0.3, 0.4) is 0 Å². The summed E-state index contributed by atoms with van der Waals surface area (Å²) >= 11 is 0. The molecule has 0 radical (unpaired) electrons. The molecular formula is C24H34O5. The van der Waals surface area contributed by atoms with Gasteiger partial charge in [0.1, 0.15) is 6.10 Å². The van der Waals surface area contributed by atoms with Crippen molar-refractivity contribution in [1.82, 2.24) is 0 Å². The van der Waals surface area contributed by atoms with Crippen LogP contribution in [0.25, 0.3) is 0 Å². The minimum atomic E-state index is -0.471. The number of esters is 1. The number of ether oxygens (including phenoxy) is 4. The lowest BCUT2D eigenvalue weighted by atomic mass is 9.89. The predicted octanol–water partition coefficient (Wildman–Crippen LogP) is 4.41. The molecule has 1 saturated heterocycles. The summed E-state index contributed by atoms with van der Waals surface area (Å²) in [5.74, 6) is 8.44. The van der Waals surface area contributed by atoms with Gasteiger partial charge in [-0.25, -0.2) is 0 Å². The van der Waals surface area contributed by atoms with Gasteiger partial charge in [-0.2, -0.15) is 0 Å². The van der Waals surface area contributed by atoms with Gasteiger partial charge in [-0.15, -0.1) is 0 Å². The van der Waals surface area contributed by atoms with Gasteiger partial charge in [-0.1, -0.05) is 45.6 Å². The van der Waals surface area contributed by atoms with Gasteiger partial charge >= 0.3 is 5.97 Å². The van der Waals surface area contributed by atoms with Gasteiger partial charge in [-0.3, -0.25) is 4.79 Å². The zero-order chi connectivity index (χ0) is 21.6. The van der Waals surface area contributed by atoms with Gasteiger partial charge in [0.15, 0.2) is 23.2 Å². The Morgan fingerprint density at radius 2 is 1.86 bits per heavy atom. The van der Waals surface area contributed by atoms with Crippen molar-refractivity contribution in [3.63, 3.8) is 0 Å². The molecule has 2 rings (SSSR count). The molecule has 5 heteroatoms. The van der Waals surface area contributed by atoms with E-state index in [0.29, 0.717) is 36.2 Å². The Hall–Kier alpha value is -2.19. The highest BCUT2D eigenvalue weighted by Crippen LogP contribution is 2.45. The molecular weight excluding hydrogens is 368 g/mol. The topological polar surface area (TPSA) is 57.3 Å². The number of hydrogen-bond acceptors (Lipinski definition) is 5. The normalized spacial score (nSPS) is 21.3. The van der Waals surface area contributed by atoms with E-state index in [-0.39, 0.29) is 12.1 Å². The maximum Gasteiger partial charge on any atom is 0.303 e. The molecule has 1 aliphatic rings. The van der Waals surface area contributed by atoms with Gasteiger partial charge in [0.2, 0.25) is 0 Å². The zero-order valence-corrected chi connectivity index (χ0v) is 18.7. The molecule has 160 valence electrons. The summed E-state index contributed by atoms with van der Waals surface area (Å²) in [5.41, 5.74) is 0.658. The molecule has 1 aromatic rings. The summed E-state index contributed by atoms with van der Waals surface area (Å²) in [5, 5.41) is 0. The average Bonchev–Trinajstić information content (AvgIpc) is 3.37. The Morgan fingerprint density at radius 1 is 1.17 bits per heavy atom. The second kappa shape index (κ2) is 10.0. The lowest BCUT2D eigenvalue weighted by Gasteiger charge is -2.14. The van der Waals surface area contributed by atoms with E-state index >= 15 is 0 Å². The van der Waals surface area contributed by atoms with Crippen LogP contribution in [-0.2, 0) is 20.7 Å². The number of aryl methyl sites for hydroxylation is 1. The molecule has 0 aliphatic carbocycles. The first-order valence-corrected chi connectivity index (χ1v) is 10.3. The molecule has 0 spiro atoms. The highest BCUT2D eigenvalue weighted by atomic mass is 16.6. The number of epoxide rings is 1. The van der Waals surface area contributed by atoms with Crippen LogP contribution in [0.2, 0.25) is 0 Å². The van der Waals surface area contributed by atoms with E-state index in [1.54, 1.807) is 14.2 Å². The van der Waals surface area contributed by atoms with Crippen LogP contribution in [0.1, 0.15) is 53.0 Å². The summed E-state index contributed by atoms with van der Waals surface area (Å²) in [6.07, 6.45) is 1.86. The third-order valence-electron chi connectivity index (χ3n) is 4.95. The van der Waals surface area contributed by atoms with E-state index in [4.69, 9.17) is 18.9 Å². The highest BCUT2D eigenvalue weighted by molar-refractivity contribution is 5.66. The molecule has 3 unspecified atom stereocenters. The molecule has 3 atom stereocenters. The zero-order valence-electron chi connectivity index (χ0n) is 18.7. The Morgan fingerprint density at radius 3 is 2.38 bits per heavy atom. The standard InChI is InChI=1S/C24H34O5/c1-16(2)15-24(23(29-24)17(3)4)13-12-20(28-18(5)25)10-8-19-9-11-21(26-6)22(14-19)27-7/h9,11,14,16-17,20,23H,8,10,15H2,1-7H3. The second-order valence-electron chi connectivity index (χ2n) is 8.37. The number of carbonyl (C=O) groups excluding carboxylic acids is 1. The van der Waals surface area contributed by atoms with Crippen LogP contribution in [0, 0.1) is 23.7 Å². The second-order valence-corrected chi connectivity index (χ2v) is 8.37. The van der Waals surface area contributed by atoms with Crippen molar-refractivity contribution in [2.24, 2.45) is 11.8 Å². The van der Waals surface area contributed by atoms with Crippen LogP contribution < -0.4 is 9.47 Å². The summed E-state index contributed by atoms with van der Waals surface area (Å²) < 4.78 is 22.1. The summed E-state index contributed by atoms with van der Waals surface area (Å²) in [7, 11) is 3.23. The van der Waals surface area contributed by atoms with Crippen molar-refractivity contribution in [2.45, 2.75) is 71.7 Å². The van der Waals surface area contributed by atoms with Crippen molar-refractivity contribution < 1.29 is 23.7 Å². The minimum Gasteiger partial charge on any atom is -0.493 e. The van der Waals surface area contributed by atoms with Crippen LogP contribution in [0.15, 0.2) is 18.2 Å². The largest absolute Gasteiger partial charge is 0.493 e. The molecule has 0 aromatic heterocycles. The third kappa shape index (κ3) is 6.40. The first kappa shape index (κ1) is 23.1. The summed E-state index contributed by atoms with van der Waals surface area (Å²) in [6.45, 7) is 10.1. The lowest BCUT2D eigenvalue weighted by molar-refractivity contribution is -0.143. The summed E-state index contributed by atoms with van der Waals surface area (Å²) in [4.78, 5) is 11.6. The Balaban J connectivity index is 2.13. The fourth-order valence-corrected chi connectivity index (χ4v) is 3.69. The number of carbonyl (C=O) groups is 1. The van der Waals surface area contributed by atoms with Crippen molar-refractivity contribution >= 4 is 5.97 Å². The van der Waals surface area contributed by atoms with E-state index in [1.165, 1.54) is 6.92 Å². The summed E-state index contributed by atoms with van der Waals surface area (Å²) in [6, 6.07) is 5.80. The number of methoxy groups -OCH3 is 2. The Labute approximate surface area is 175 Å². The lowest BCUT2D eigenvalue weighted by Crippen LogP contribution is -2.21. The van der Waals surface area contributed by atoms with Crippen LogP contribution in [-0.4, -0.2) is 38.0 Å². The van der Waals surface area contributed by atoms with Crippen molar-refractivity contribution in [3.8, 4) is 23.3 Å². The van der Waals surface area contributed by atoms with Crippen molar-refractivity contribution in [3.05, 3.63) is 23.8 Å². The van der Waals surface area contributed by atoms with Crippen LogP contribution in [0.5, 0.6) is 11.5 Å². The molecule has 0 bridgehead atoms. The first-order valence-electron chi connectivity index (χ1n) is 10.3. The van der Waals surface area contributed by atoms with Gasteiger partial charge in [-0.05, 0) is 48.8 Å². The molecule has 0 N–H and O–H groups in total. The number of hydrogen-bond donors (Lipinski definition) is 0. The molecule has 1 heterocycles. The van der Waals surface area contributed by atoms with E-state index in [9.17, 15) is 4.79 Å².